The third-order valence-electron chi connectivity index (χ3n) is 2.01. The molecule has 0 saturated carbocycles. The summed E-state index contributed by atoms with van der Waals surface area (Å²) in [5, 5.41) is 6.83. The van der Waals surface area contributed by atoms with Gasteiger partial charge in [-0.05, 0) is 19.1 Å². The highest BCUT2D eigenvalue weighted by Crippen LogP contribution is 2.09. The number of fused-ring (bicyclic) bond motifs is 1. The first-order chi connectivity index (χ1) is 6.83. The summed E-state index contributed by atoms with van der Waals surface area (Å²) in [5.41, 5.74) is 1.45. The van der Waals surface area contributed by atoms with Crippen molar-refractivity contribution in [1.82, 2.24) is 14.9 Å². The molecule has 0 spiro atoms. The van der Waals surface area contributed by atoms with Gasteiger partial charge < -0.3 is 5.32 Å². The van der Waals surface area contributed by atoms with E-state index >= 15 is 0 Å². The lowest BCUT2D eigenvalue weighted by molar-refractivity contribution is 0.0957. The molecular formula is C10H11N3O. The van der Waals surface area contributed by atoms with Crippen molar-refractivity contribution in [2.75, 3.05) is 6.54 Å². The predicted octanol–water partition coefficient (Wildman–Crippen LogP) is 1.08. The highest BCUT2D eigenvalue weighted by molar-refractivity contribution is 6.00. The fraction of sp³-hybridized carbons (Fsp3) is 0.200. The Labute approximate surface area is 81.5 Å². The van der Waals surface area contributed by atoms with E-state index in [0.717, 1.165) is 5.52 Å². The molecule has 4 heteroatoms. The maximum absolute atomic E-state index is 11.6. The largest absolute Gasteiger partial charge is 0.352 e. The van der Waals surface area contributed by atoms with E-state index in [4.69, 9.17) is 0 Å². The van der Waals surface area contributed by atoms with Crippen LogP contribution in [0.4, 0.5) is 0 Å². The normalized spacial score (nSPS) is 10.4. The van der Waals surface area contributed by atoms with Crippen LogP contribution in [0.2, 0.25) is 0 Å². The van der Waals surface area contributed by atoms with E-state index in [-0.39, 0.29) is 5.91 Å². The zero-order chi connectivity index (χ0) is 9.97. The van der Waals surface area contributed by atoms with Crippen molar-refractivity contribution in [2.24, 2.45) is 0 Å². The Balaban J connectivity index is 2.47. The minimum atomic E-state index is -0.0753. The Kier molecular flexibility index (Phi) is 2.18. The third-order valence-corrected chi connectivity index (χ3v) is 2.01. The molecule has 1 amide bonds. The molecule has 0 aromatic carbocycles. The summed E-state index contributed by atoms with van der Waals surface area (Å²) in [6.45, 7) is 2.52. The molecule has 4 nitrogen and oxygen atoms in total. The SMILES string of the molecule is CCNC(=O)c1cnn2ccccc12. The number of pyridine rings is 1. The molecule has 72 valence electrons. The van der Waals surface area contributed by atoms with E-state index < -0.39 is 0 Å². The highest BCUT2D eigenvalue weighted by atomic mass is 16.1. The summed E-state index contributed by atoms with van der Waals surface area (Å²) >= 11 is 0. The van der Waals surface area contributed by atoms with E-state index in [1.54, 1.807) is 10.7 Å². The van der Waals surface area contributed by atoms with Crippen molar-refractivity contribution in [2.45, 2.75) is 6.92 Å². The molecule has 0 aliphatic rings. The first-order valence-electron chi connectivity index (χ1n) is 4.53. The zero-order valence-electron chi connectivity index (χ0n) is 7.90. The van der Waals surface area contributed by atoms with Crippen molar-refractivity contribution in [3.8, 4) is 0 Å². The summed E-state index contributed by atoms with van der Waals surface area (Å²) in [7, 11) is 0. The van der Waals surface area contributed by atoms with Crippen LogP contribution in [0.1, 0.15) is 17.3 Å². The van der Waals surface area contributed by atoms with Crippen molar-refractivity contribution in [3.05, 3.63) is 36.2 Å². The van der Waals surface area contributed by atoms with Gasteiger partial charge in [-0.1, -0.05) is 6.07 Å². The summed E-state index contributed by atoms with van der Waals surface area (Å²) < 4.78 is 1.69. The topological polar surface area (TPSA) is 46.4 Å². The number of aromatic nitrogens is 2. The molecule has 14 heavy (non-hydrogen) atoms. The smallest absolute Gasteiger partial charge is 0.255 e. The first kappa shape index (κ1) is 8.74. The van der Waals surface area contributed by atoms with Gasteiger partial charge in [0.05, 0.1) is 17.3 Å². The second kappa shape index (κ2) is 3.49. The number of hydrogen-bond donors (Lipinski definition) is 1. The van der Waals surface area contributed by atoms with Crippen molar-refractivity contribution >= 4 is 11.4 Å². The quantitative estimate of drug-likeness (QED) is 0.768. The van der Waals surface area contributed by atoms with Crippen LogP contribution in [0.25, 0.3) is 5.52 Å². The molecule has 2 heterocycles. The molecule has 1 N–H and O–H groups in total. The lowest BCUT2D eigenvalue weighted by atomic mass is 10.2. The lowest BCUT2D eigenvalue weighted by Gasteiger charge is -1.98. The Morgan fingerprint density at radius 3 is 3.21 bits per heavy atom. The second-order valence-electron chi connectivity index (χ2n) is 2.95. The maximum atomic E-state index is 11.6. The summed E-state index contributed by atoms with van der Waals surface area (Å²) in [6, 6.07) is 5.64. The van der Waals surface area contributed by atoms with E-state index in [1.807, 2.05) is 31.3 Å². The number of hydrogen-bond acceptors (Lipinski definition) is 2. The van der Waals surface area contributed by atoms with E-state index in [2.05, 4.69) is 10.4 Å². The maximum Gasteiger partial charge on any atom is 0.255 e. The van der Waals surface area contributed by atoms with Crippen LogP contribution in [-0.4, -0.2) is 22.1 Å². The predicted molar refractivity (Wildman–Crippen MR) is 53.2 cm³/mol. The van der Waals surface area contributed by atoms with Crippen LogP contribution in [0.3, 0.4) is 0 Å². The van der Waals surface area contributed by atoms with Gasteiger partial charge in [0.15, 0.2) is 0 Å². The average Bonchev–Trinajstić information content (AvgIpc) is 2.61. The molecule has 0 fully saturated rings. The van der Waals surface area contributed by atoms with Crippen molar-refractivity contribution in [3.63, 3.8) is 0 Å². The molecule has 2 aromatic heterocycles. The number of carbonyl (C=O) groups is 1. The Morgan fingerprint density at radius 1 is 1.57 bits per heavy atom. The Bertz CT molecular complexity index is 461. The molecule has 0 atom stereocenters. The minimum Gasteiger partial charge on any atom is -0.352 e. The number of rotatable bonds is 2. The molecular weight excluding hydrogens is 178 g/mol. The number of nitrogens with one attached hydrogen (secondary N) is 1. The highest BCUT2D eigenvalue weighted by Gasteiger charge is 2.10. The van der Waals surface area contributed by atoms with Crippen LogP contribution >= 0.6 is 0 Å². The molecule has 0 radical (unpaired) electrons. The standard InChI is InChI=1S/C10H11N3O/c1-2-11-10(14)8-7-12-13-6-4-3-5-9(8)13/h3-7H,2H2,1H3,(H,11,14). The number of nitrogens with zero attached hydrogens (tertiary/aromatic N) is 2. The Morgan fingerprint density at radius 2 is 2.43 bits per heavy atom. The van der Waals surface area contributed by atoms with Gasteiger partial charge in [0.25, 0.3) is 5.91 Å². The van der Waals surface area contributed by atoms with E-state index in [0.29, 0.717) is 12.1 Å². The minimum absolute atomic E-state index is 0.0753. The van der Waals surface area contributed by atoms with Gasteiger partial charge in [-0.15, -0.1) is 0 Å². The molecule has 0 bridgehead atoms. The van der Waals surface area contributed by atoms with Gasteiger partial charge in [0.2, 0.25) is 0 Å². The van der Waals surface area contributed by atoms with Gasteiger partial charge in [0.1, 0.15) is 0 Å². The van der Waals surface area contributed by atoms with Crippen LogP contribution in [0, 0.1) is 0 Å². The van der Waals surface area contributed by atoms with Crippen molar-refractivity contribution < 1.29 is 4.79 Å². The summed E-state index contributed by atoms with van der Waals surface area (Å²) in [5.74, 6) is -0.0753. The zero-order valence-corrected chi connectivity index (χ0v) is 7.90. The number of carbonyl (C=O) groups excluding carboxylic acids is 1. The van der Waals surface area contributed by atoms with Crippen LogP contribution in [0.5, 0.6) is 0 Å². The van der Waals surface area contributed by atoms with Crippen LogP contribution in [-0.2, 0) is 0 Å². The van der Waals surface area contributed by atoms with Gasteiger partial charge >= 0.3 is 0 Å². The number of amides is 1. The van der Waals surface area contributed by atoms with Crippen molar-refractivity contribution in [1.29, 1.82) is 0 Å². The summed E-state index contributed by atoms with van der Waals surface area (Å²) in [6.07, 6.45) is 3.40. The van der Waals surface area contributed by atoms with Crippen LogP contribution in [0.15, 0.2) is 30.6 Å². The Hall–Kier alpha value is -1.84. The molecule has 2 aromatic rings. The van der Waals surface area contributed by atoms with Gasteiger partial charge in [-0.2, -0.15) is 5.10 Å². The lowest BCUT2D eigenvalue weighted by Crippen LogP contribution is -2.22. The molecule has 0 aliphatic carbocycles. The van der Waals surface area contributed by atoms with Gasteiger partial charge in [-0.25, -0.2) is 4.52 Å². The third kappa shape index (κ3) is 1.35. The fourth-order valence-electron chi connectivity index (χ4n) is 1.37. The average molecular weight is 189 g/mol. The van der Waals surface area contributed by atoms with Gasteiger partial charge in [-0.3, -0.25) is 4.79 Å². The second-order valence-corrected chi connectivity index (χ2v) is 2.95. The van der Waals surface area contributed by atoms with Crippen LogP contribution < -0.4 is 5.32 Å². The summed E-state index contributed by atoms with van der Waals surface area (Å²) in [4.78, 5) is 11.6. The molecule has 0 saturated heterocycles. The molecule has 0 unspecified atom stereocenters. The first-order valence-corrected chi connectivity index (χ1v) is 4.53. The molecule has 0 aliphatic heterocycles. The van der Waals surface area contributed by atoms with E-state index in [9.17, 15) is 4.79 Å². The molecule has 2 rings (SSSR count). The van der Waals surface area contributed by atoms with E-state index in [1.165, 1.54) is 0 Å². The van der Waals surface area contributed by atoms with Gasteiger partial charge in [0, 0.05) is 12.7 Å². The fourth-order valence-corrected chi connectivity index (χ4v) is 1.37. The monoisotopic (exact) mass is 189 g/mol.